The van der Waals surface area contributed by atoms with E-state index in [2.05, 4.69) is 17.1 Å². The maximum atomic E-state index is 5.49. The minimum Gasteiger partial charge on any atom is -0.381 e. The summed E-state index contributed by atoms with van der Waals surface area (Å²) >= 11 is 0. The lowest BCUT2D eigenvalue weighted by Gasteiger charge is -2.02. The van der Waals surface area contributed by atoms with Crippen LogP contribution in [0.25, 0.3) is 0 Å². The molecule has 1 saturated heterocycles. The van der Waals surface area contributed by atoms with Gasteiger partial charge in [0.2, 0.25) is 5.89 Å². The lowest BCUT2D eigenvalue weighted by atomic mass is 10.1. The molecule has 0 bridgehead atoms. The van der Waals surface area contributed by atoms with Crippen LogP contribution >= 0.6 is 0 Å². The molecule has 15 heavy (non-hydrogen) atoms. The van der Waals surface area contributed by atoms with E-state index in [-0.39, 0.29) is 5.92 Å². The van der Waals surface area contributed by atoms with Crippen molar-refractivity contribution in [2.24, 2.45) is 5.73 Å². The van der Waals surface area contributed by atoms with Crippen LogP contribution in [0.5, 0.6) is 0 Å². The molecule has 2 atom stereocenters. The number of ether oxygens (including phenoxy) is 1. The van der Waals surface area contributed by atoms with E-state index < -0.39 is 0 Å². The Balaban J connectivity index is 2.02. The van der Waals surface area contributed by atoms with Crippen LogP contribution in [0.3, 0.4) is 0 Å². The molecule has 2 N–H and O–H groups in total. The third-order valence-corrected chi connectivity index (χ3v) is 2.77. The summed E-state index contributed by atoms with van der Waals surface area (Å²) < 4.78 is 10.5. The van der Waals surface area contributed by atoms with Gasteiger partial charge in [-0.05, 0) is 19.4 Å². The lowest BCUT2D eigenvalue weighted by molar-refractivity contribution is 0.192. The minimum atomic E-state index is 0.249. The molecular formula is C10H17N3O2. The highest BCUT2D eigenvalue weighted by molar-refractivity contribution is 4.99. The molecule has 5 nitrogen and oxygen atoms in total. The molecule has 84 valence electrons. The van der Waals surface area contributed by atoms with Gasteiger partial charge >= 0.3 is 0 Å². The van der Waals surface area contributed by atoms with E-state index >= 15 is 0 Å². The molecule has 2 rings (SSSR count). The lowest BCUT2D eigenvalue weighted by Crippen LogP contribution is -2.05. The molecule has 0 aromatic carbocycles. The molecule has 1 aromatic rings. The summed E-state index contributed by atoms with van der Waals surface area (Å²) in [6, 6.07) is 0. The maximum absolute atomic E-state index is 5.49. The largest absolute Gasteiger partial charge is 0.381 e. The van der Waals surface area contributed by atoms with Gasteiger partial charge in [-0.3, -0.25) is 0 Å². The number of hydrogen-bond acceptors (Lipinski definition) is 5. The molecule has 1 fully saturated rings. The fourth-order valence-corrected chi connectivity index (χ4v) is 1.72. The summed E-state index contributed by atoms with van der Waals surface area (Å²) in [5, 5.41) is 3.99. The third-order valence-electron chi connectivity index (χ3n) is 2.77. The highest BCUT2D eigenvalue weighted by atomic mass is 16.5. The predicted octanol–water partition coefficient (Wildman–Crippen LogP) is 1.03. The first-order valence-electron chi connectivity index (χ1n) is 5.42. The van der Waals surface area contributed by atoms with E-state index in [1.807, 2.05) is 0 Å². The molecule has 1 aliphatic rings. The van der Waals surface area contributed by atoms with Crippen LogP contribution in [0.15, 0.2) is 4.52 Å². The van der Waals surface area contributed by atoms with Crippen LogP contribution < -0.4 is 5.73 Å². The van der Waals surface area contributed by atoms with Gasteiger partial charge in [-0.1, -0.05) is 12.1 Å². The molecule has 1 aromatic heterocycles. The van der Waals surface area contributed by atoms with Crippen molar-refractivity contribution in [1.29, 1.82) is 0 Å². The van der Waals surface area contributed by atoms with Crippen LogP contribution in [0.1, 0.15) is 43.3 Å². The standard InChI is InChI=1S/C10H17N3O2/c1-7(2-4-11)10-12-9(13-15-10)8-3-5-14-6-8/h7-8H,2-6,11H2,1H3. The average Bonchev–Trinajstić information content (AvgIpc) is 2.89. The first-order chi connectivity index (χ1) is 7.31. The van der Waals surface area contributed by atoms with Crippen molar-refractivity contribution in [2.75, 3.05) is 19.8 Å². The zero-order chi connectivity index (χ0) is 10.7. The molecule has 0 radical (unpaired) electrons. The van der Waals surface area contributed by atoms with E-state index in [1.54, 1.807) is 0 Å². The first kappa shape index (κ1) is 10.6. The van der Waals surface area contributed by atoms with Gasteiger partial charge in [-0.15, -0.1) is 0 Å². The van der Waals surface area contributed by atoms with Crippen molar-refractivity contribution in [3.8, 4) is 0 Å². The van der Waals surface area contributed by atoms with Crippen LogP contribution in [-0.2, 0) is 4.74 Å². The Morgan fingerprint density at radius 1 is 1.60 bits per heavy atom. The predicted molar refractivity (Wildman–Crippen MR) is 54.6 cm³/mol. The van der Waals surface area contributed by atoms with Crippen LogP contribution in [0, 0.1) is 0 Å². The maximum Gasteiger partial charge on any atom is 0.229 e. The number of hydrogen-bond donors (Lipinski definition) is 1. The Hall–Kier alpha value is -0.940. The summed E-state index contributed by atoms with van der Waals surface area (Å²) in [6.07, 6.45) is 1.87. The van der Waals surface area contributed by atoms with Gasteiger partial charge in [0.15, 0.2) is 5.82 Å². The highest BCUT2D eigenvalue weighted by Crippen LogP contribution is 2.24. The SMILES string of the molecule is CC(CCN)c1nc(C2CCOC2)no1. The summed E-state index contributed by atoms with van der Waals surface area (Å²) in [4.78, 5) is 4.40. The van der Waals surface area contributed by atoms with E-state index in [1.165, 1.54) is 0 Å². The fraction of sp³-hybridized carbons (Fsp3) is 0.800. The van der Waals surface area contributed by atoms with Gasteiger partial charge in [0.05, 0.1) is 6.61 Å². The van der Waals surface area contributed by atoms with E-state index in [0.29, 0.717) is 25.0 Å². The molecule has 5 heteroatoms. The smallest absolute Gasteiger partial charge is 0.229 e. The first-order valence-corrected chi connectivity index (χ1v) is 5.42. The van der Waals surface area contributed by atoms with Crippen LogP contribution in [-0.4, -0.2) is 29.9 Å². The van der Waals surface area contributed by atoms with Gasteiger partial charge in [0, 0.05) is 18.4 Å². The van der Waals surface area contributed by atoms with Crippen LogP contribution in [0.2, 0.25) is 0 Å². The van der Waals surface area contributed by atoms with Gasteiger partial charge in [0.25, 0.3) is 0 Å². The fourth-order valence-electron chi connectivity index (χ4n) is 1.72. The molecule has 0 saturated carbocycles. The number of aromatic nitrogens is 2. The Morgan fingerprint density at radius 2 is 2.47 bits per heavy atom. The molecule has 1 aliphatic heterocycles. The summed E-state index contributed by atoms with van der Waals surface area (Å²) in [7, 11) is 0. The van der Waals surface area contributed by atoms with Gasteiger partial charge in [0.1, 0.15) is 0 Å². The van der Waals surface area contributed by atoms with Crippen molar-refractivity contribution in [1.82, 2.24) is 10.1 Å². The number of nitrogens with zero attached hydrogens (tertiary/aromatic N) is 2. The molecular weight excluding hydrogens is 194 g/mol. The Kier molecular flexibility index (Phi) is 3.33. The van der Waals surface area contributed by atoms with Gasteiger partial charge < -0.3 is 15.0 Å². The monoisotopic (exact) mass is 211 g/mol. The zero-order valence-corrected chi connectivity index (χ0v) is 8.98. The zero-order valence-electron chi connectivity index (χ0n) is 8.98. The average molecular weight is 211 g/mol. The summed E-state index contributed by atoms with van der Waals surface area (Å²) in [5.41, 5.74) is 5.49. The Labute approximate surface area is 89.0 Å². The molecule has 2 heterocycles. The van der Waals surface area contributed by atoms with Crippen molar-refractivity contribution in [2.45, 2.75) is 31.6 Å². The molecule has 0 amide bonds. The minimum absolute atomic E-state index is 0.249. The number of rotatable bonds is 4. The normalized spacial score (nSPS) is 23.2. The second-order valence-electron chi connectivity index (χ2n) is 4.03. The van der Waals surface area contributed by atoms with E-state index in [4.69, 9.17) is 15.0 Å². The third kappa shape index (κ3) is 2.35. The Bertz CT molecular complexity index is 307. The second kappa shape index (κ2) is 4.72. The van der Waals surface area contributed by atoms with Crippen molar-refractivity contribution >= 4 is 0 Å². The summed E-state index contributed by atoms with van der Waals surface area (Å²) in [6.45, 7) is 4.21. The molecule has 0 spiro atoms. The van der Waals surface area contributed by atoms with E-state index in [0.717, 1.165) is 25.3 Å². The van der Waals surface area contributed by atoms with E-state index in [9.17, 15) is 0 Å². The van der Waals surface area contributed by atoms with Gasteiger partial charge in [-0.25, -0.2) is 0 Å². The number of nitrogens with two attached hydrogens (primary N) is 1. The Morgan fingerprint density at radius 3 is 3.13 bits per heavy atom. The van der Waals surface area contributed by atoms with Crippen LogP contribution in [0.4, 0.5) is 0 Å². The molecule has 2 unspecified atom stereocenters. The highest BCUT2D eigenvalue weighted by Gasteiger charge is 2.24. The second-order valence-corrected chi connectivity index (χ2v) is 4.03. The van der Waals surface area contributed by atoms with Gasteiger partial charge in [-0.2, -0.15) is 4.98 Å². The molecule has 0 aliphatic carbocycles. The topological polar surface area (TPSA) is 74.2 Å². The van der Waals surface area contributed by atoms with Crippen molar-refractivity contribution in [3.63, 3.8) is 0 Å². The van der Waals surface area contributed by atoms with Crippen molar-refractivity contribution < 1.29 is 9.26 Å². The summed E-state index contributed by atoms with van der Waals surface area (Å²) in [5.74, 6) is 2.04. The quantitative estimate of drug-likeness (QED) is 0.805. The van der Waals surface area contributed by atoms with Crippen molar-refractivity contribution in [3.05, 3.63) is 11.7 Å².